The average molecular weight is 502 g/mol. The van der Waals surface area contributed by atoms with Crippen LogP contribution in [0.5, 0.6) is 11.6 Å². The summed E-state index contributed by atoms with van der Waals surface area (Å²) in [5.74, 6) is 0.0724. The predicted molar refractivity (Wildman–Crippen MR) is 138 cm³/mol. The number of benzene rings is 2. The zero-order chi connectivity index (χ0) is 25.9. The number of ether oxygens (including phenoxy) is 2. The Morgan fingerprint density at radius 3 is 2.51 bits per heavy atom. The second-order valence-electron chi connectivity index (χ2n) is 9.70. The van der Waals surface area contributed by atoms with Gasteiger partial charge in [0.25, 0.3) is 0 Å². The second-order valence-corrected chi connectivity index (χ2v) is 9.70. The Morgan fingerprint density at radius 2 is 1.84 bits per heavy atom. The molecule has 2 fully saturated rings. The maximum Gasteiger partial charge on any atom is 0.410 e. The lowest BCUT2D eigenvalue weighted by Gasteiger charge is -2.38. The van der Waals surface area contributed by atoms with Gasteiger partial charge in [-0.1, -0.05) is 36.4 Å². The fourth-order valence-corrected chi connectivity index (χ4v) is 5.22. The summed E-state index contributed by atoms with van der Waals surface area (Å²) in [4.78, 5) is 32.7. The average Bonchev–Trinajstić information content (AvgIpc) is 3.28. The van der Waals surface area contributed by atoms with Crippen LogP contribution in [0.3, 0.4) is 0 Å². The van der Waals surface area contributed by atoms with Crippen LogP contribution in [0.25, 0.3) is 0 Å². The molecule has 2 aliphatic heterocycles. The van der Waals surface area contributed by atoms with Gasteiger partial charge >= 0.3 is 12.1 Å². The molecule has 1 atom stereocenters. The number of carboxylic acids is 1. The van der Waals surface area contributed by atoms with Crippen molar-refractivity contribution >= 4 is 12.1 Å². The quantitative estimate of drug-likeness (QED) is 0.467. The van der Waals surface area contributed by atoms with Gasteiger partial charge in [-0.2, -0.15) is 0 Å². The minimum Gasteiger partial charge on any atom is -0.478 e. The number of nitrogens with zero attached hydrogens (tertiary/aromatic N) is 3. The normalized spacial score (nSPS) is 18.6. The number of cyclic esters (lactones) is 1. The van der Waals surface area contributed by atoms with E-state index in [4.69, 9.17) is 9.47 Å². The van der Waals surface area contributed by atoms with Gasteiger partial charge in [0.15, 0.2) is 0 Å². The SMILES string of the molecule is Cc1cc(Oc2ccc(CN3CCC(N4C(=O)OCC4c4ccccc4)CC3)c(C)n2)ccc1C(=O)O. The van der Waals surface area contributed by atoms with Crippen LogP contribution in [-0.4, -0.2) is 57.7 Å². The van der Waals surface area contributed by atoms with Gasteiger partial charge in [-0.3, -0.25) is 9.80 Å². The van der Waals surface area contributed by atoms with Crippen molar-refractivity contribution in [2.75, 3.05) is 19.7 Å². The molecule has 37 heavy (non-hydrogen) atoms. The number of hydrogen-bond donors (Lipinski definition) is 1. The number of likely N-dealkylation sites (tertiary alicyclic amines) is 1. The molecule has 1 aromatic heterocycles. The fourth-order valence-electron chi connectivity index (χ4n) is 5.22. The zero-order valence-electron chi connectivity index (χ0n) is 21.1. The number of carbonyl (C=O) groups excluding carboxylic acids is 1. The third-order valence-electron chi connectivity index (χ3n) is 7.26. The smallest absolute Gasteiger partial charge is 0.410 e. The van der Waals surface area contributed by atoms with Crippen LogP contribution in [-0.2, 0) is 11.3 Å². The lowest BCUT2D eigenvalue weighted by Crippen LogP contribution is -2.46. The number of pyridine rings is 1. The highest BCUT2D eigenvalue weighted by molar-refractivity contribution is 5.89. The monoisotopic (exact) mass is 501 g/mol. The summed E-state index contributed by atoms with van der Waals surface area (Å²) < 4.78 is 11.3. The molecule has 3 heterocycles. The summed E-state index contributed by atoms with van der Waals surface area (Å²) in [5.41, 5.74) is 4.04. The molecule has 0 aliphatic carbocycles. The van der Waals surface area contributed by atoms with Crippen LogP contribution < -0.4 is 4.74 Å². The van der Waals surface area contributed by atoms with Crippen molar-refractivity contribution in [1.82, 2.24) is 14.8 Å². The lowest BCUT2D eigenvalue weighted by molar-refractivity contribution is 0.0696. The van der Waals surface area contributed by atoms with E-state index in [1.807, 2.05) is 42.2 Å². The molecule has 8 heteroatoms. The van der Waals surface area contributed by atoms with Crippen molar-refractivity contribution in [3.8, 4) is 11.6 Å². The third kappa shape index (κ3) is 5.44. The standard InChI is InChI=1S/C29H31N3O5/c1-19-16-24(9-10-25(19)28(33)34)37-27-11-8-22(20(2)30-27)17-31-14-12-23(13-15-31)32-26(18-36-29(32)35)21-6-4-3-5-7-21/h3-11,16,23,26H,12-15,17-18H2,1-2H3,(H,33,34). The van der Waals surface area contributed by atoms with E-state index in [0.29, 0.717) is 23.8 Å². The topological polar surface area (TPSA) is 92.2 Å². The number of aromatic carboxylic acids is 1. The predicted octanol–water partition coefficient (Wildman–Crippen LogP) is 5.35. The van der Waals surface area contributed by atoms with E-state index in [0.717, 1.165) is 49.3 Å². The highest BCUT2D eigenvalue weighted by atomic mass is 16.6. The van der Waals surface area contributed by atoms with Crippen LogP contribution in [0.4, 0.5) is 4.79 Å². The molecular weight excluding hydrogens is 470 g/mol. The van der Waals surface area contributed by atoms with Crippen molar-refractivity contribution < 1.29 is 24.2 Å². The first-order valence-corrected chi connectivity index (χ1v) is 12.6. The van der Waals surface area contributed by atoms with Crippen molar-refractivity contribution in [3.05, 3.63) is 88.6 Å². The van der Waals surface area contributed by atoms with Crippen molar-refractivity contribution in [2.24, 2.45) is 0 Å². The summed E-state index contributed by atoms with van der Waals surface area (Å²) >= 11 is 0. The van der Waals surface area contributed by atoms with E-state index in [2.05, 4.69) is 22.0 Å². The molecule has 2 saturated heterocycles. The molecule has 0 bridgehead atoms. The lowest BCUT2D eigenvalue weighted by atomic mass is 9.98. The van der Waals surface area contributed by atoms with Crippen molar-refractivity contribution in [1.29, 1.82) is 0 Å². The third-order valence-corrected chi connectivity index (χ3v) is 7.26. The van der Waals surface area contributed by atoms with E-state index in [9.17, 15) is 14.7 Å². The van der Waals surface area contributed by atoms with Gasteiger partial charge in [-0.25, -0.2) is 14.6 Å². The molecule has 5 rings (SSSR count). The van der Waals surface area contributed by atoms with E-state index >= 15 is 0 Å². The maximum absolute atomic E-state index is 12.5. The zero-order valence-corrected chi connectivity index (χ0v) is 21.1. The van der Waals surface area contributed by atoms with Crippen LogP contribution >= 0.6 is 0 Å². The first-order valence-electron chi connectivity index (χ1n) is 12.6. The van der Waals surface area contributed by atoms with E-state index < -0.39 is 5.97 Å². The molecule has 2 aromatic carbocycles. The largest absolute Gasteiger partial charge is 0.478 e. The van der Waals surface area contributed by atoms with Gasteiger partial charge in [0.1, 0.15) is 12.4 Å². The Hall–Kier alpha value is -3.91. The summed E-state index contributed by atoms with van der Waals surface area (Å²) in [6.07, 6.45) is 1.59. The maximum atomic E-state index is 12.5. The van der Waals surface area contributed by atoms with Crippen LogP contribution in [0.1, 0.15) is 51.6 Å². The van der Waals surface area contributed by atoms with Gasteiger partial charge in [-0.15, -0.1) is 0 Å². The second kappa shape index (κ2) is 10.6. The Balaban J connectivity index is 1.18. The van der Waals surface area contributed by atoms with E-state index in [1.54, 1.807) is 25.1 Å². The number of carbonyl (C=O) groups is 2. The van der Waals surface area contributed by atoms with Gasteiger partial charge in [0.05, 0.1) is 11.6 Å². The van der Waals surface area contributed by atoms with Gasteiger partial charge in [0.2, 0.25) is 5.88 Å². The van der Waals surface area contributed by atoms with Crippen LogP contribution in [0, 0.1) is 13.8 Å². The number of piperidine rings is 1. The molecular formula is C29H31N3O5. The molecule has 0 saturated carbocycles. The number of hydrogen-bond acceptors (Lipinski definition) is 6. The van der Waals surface area contributed by atoms with Crippen LogP contribution in [0.2, 0.25) is 0 Å². The summed E-state index contributed by atoms with van der Waals surface area (Å²) in [5, 5.41) is 9.21. The molecule has 2 aliphatic rings. The molecule has 8 nitrogen and oxygen atoms in total. The molecule has 1 N–H and O–H groups in total. The van der Waals surface area contributed by atoms with Crippen LogP contribution in [0.15, 0.2) is 60.7 Å². The van der Waals surface area contributed by atoms with Gasteiger partial charge in [0, 0.05) is 37.4 Å². The summed E-state index contributed by atoms with van der Waals surface area (Å²) in [6.45, 7) is 6.69. The molecule has 3 aromatic rings. The first kappa shape index (κ1) is 24.8. The number of amides is 1. The minimum atomic E-state index is -0.956. The number of rotatable bonds is 7. The fraction of sp³-hybridized carbons (Fsp3) is 0.345. The summed E-state index contributed by atoms with van der Waals surface area (Å²) in [7, 11) is 0. The molecule has 0 radical (unpaired) electrons. The highest BCUT2D eigenvalue weighted by Crippen LogP contribution is 2.33. The Labute approximate surface area is 216 Å². The van der Waals surface area contributed by atoms with E-state index in [-0.39, 0.29) is 23.7 Å². The van der Waals surface area contributed by atoms with Gasteiger partial charge in [-0.05, 0) is 61.6 Å². The molecule has 0 spiro atoms. The Kier molecular flexibility index (Phi) is 7.10. The minimum absolute atomic E-state index is 0.0200. The number of aryl methyl sites for hydroxylation is 2. The molecule has 1 amide bonds. The molecule has 1 unspecified atom stereocenters. The van der Waals surface area contributed by atoms with E-state index in [1.165, 1.54) is 0 Å². The van der Waals surface area contributed by atoms with Crippen molar-refractivity contribution in [3.63, 3.8) is 0 Å². The van der Waals surface area contributed by atoms with Gasteiger partial charge < -0.3 is 14.6 Å². The Morgan fingerprint density at radius 1 is 1.08 bits per heavy atom. The summed E-state index contributed by atoms with van der Waals surface area (Å²) in [6, 6.07) is 19.0. The highest BCUT2D eigenvalue weighted by Gasteiger charge is 2.40. The molecule has 192 valence electrons. The number of aromatic nitrogens is 1. The number of carboxylic acid groups (broad SMARTS) is 1. The van der Waals surface area contributed by atoms with Crippen molar-refractivity contribution in [2.45, 2.75) is 45.3 Å². The Bertz CT molecular complexity index is 1290. The first-order chi connectivity index (χ1) is 17.9.